The summed E-state index contributed by atoms with van der Waals surface area (Å²) in [6.45, 7) is 19.6. The highest BCUT2D eigenvalue weighted by atomic mass is 16.3. The fourth-order valence-corrected chi connectivity index (χ4v) is 11.7. The first-order valence-corrected chi connectivity index (χ1v) is 14.1. The minimum Gasteiger partial charge on any atom is -0.393 e. The molecule has 0 aliphatic heterocycles. The van der Waals surface area contributed by atoms with Gasteiger partial charge in [-0.3, -0.25) is 0 Å². The Bertz CT molecular complexity index is 844. The molecule has 5 saturated carbocycles. The molecule has 0 heterocycles. The summed E-state index contributed by atoms with van der Waals surface area (Å²) in [7, 11) is 1.99. The van der Waals surface area contributed by atoms with E-state index in [2.05, 4.69) is 59.3 Å². The fraction of sp³-hybridized carbons (Fsp3) is 0.903. The molecule has 5 aliphatic carbocycles. The number of allylic oxidation sites excluding steroid dienone is 1. The fourth-order valence-electron chi connectivity index (χ4n) is 11.7. The molecule has 186 valence electrons. The van der Waals surface area contributed by atoms with E-state index in [4.69, 9.17) is 0 Å². The lowest BCUT2D eigenvalue weighted by Crippen LogP contribution is -2.66. The van der Waals surface area contributed by atoms with Crippen molar-refractivity contribution in [2.75, 3.05) is 7.05 Å². The third-order valence-corrected chi connectivity index (χ3v) is 13.5. The molecular formula is C31H51NO. The molecule has 33 heavy (non-hydrogen) atoms. The van der Waals surface area contributed by atoms with Crippen LogP contribution >= 0.6 is 0 Å². The molecule has 5 rings (SSSR count). The van der Waals surface area contributed by atoms with Crippen molar-refractivity contribution in [3.8, 4) is 0 Å². The smallest absolute Gasteiger partial charge is 0.0594 e. The van der Waals surface area contributed by atoms with Gasteiger partial charge in [0.1, 0.15) is 0 Å². The number of aliphatic hydroxyl groups is 1. The maximum atomic E-state index is 10.9. The van der Waals surface area contributed by atoms with Gasteiger partial charge in [-0.1, -0.05) is 46.8 Å². The van der Waals surface area contributed by atoms with Gasteiger partial charge in [0, 0.05) is 18.7 Å². The maximum absolute atomic E-state index is 10.9. The first kappa shape index (κ1) is 24.1. The van der Waals surface area contributed by atoms with Crippen molar-refractivity contribution in [1.82, 2.24) is 0 Å². The minimum atomic E-state index is -0.134. The molecule has 5 aliphatic rings. The van der Waals surface area contributed by atoms with Crippen molar-refractivity contribution in [3.63, 3.8) is 0 Å². The van der Waals surface area contributed by atoms with E-state index in [0.717, 1.165) is 24.2 Å². The average Bonchev–Trinajstić information content (AvgIpc) is 3.12. The van der Waals surface area contributed by atoms with Crippen LogP contribution in [0.15, 0.2) is 17.1 Å². The van der Waals surface area contributed by atoms with Crippen LogP contribution in [0.5, 0.6) is 0 Å². The highest BCUT2D eigenvalue weighted by Crippen LogP contribution is 2.77. The summed E-state index contributed by atoms with van der Waals surface area (Å²) in [6, 6.07) is 0. The standard InChI is InChI=1S/C31H51NO/c1-20(2)21-11-16-31(19-32-8)18-17-29(6)22(26(21)31)9-10-24-28(5)14-13-25(33)27(3,4)23(28)12-15-30(24,29)7/h19,21-26,33H,1,9-18H2,2-8H3/t21?,22?,23?,24?,25-,26?,28-,29+,30+,31+/m0/s1. The Hall–Kier alpha value is -0.630. The molecule has 2 nitrogen and oxygen atoms in total. The molecule has 0 radical (unpaired) electrons. The number of rotatable bonds is 2. The molecule has 10 atom stereocenters. The van der Waals surface area contributed by atoms with Crippen molar-refractivity contribution in [2.45, 2.75) is 112 Å². The number of aliphatic hydroxyl groups excluding tert-OH is 1. The van der Waals surface area contributed by atoms with Gasteiger partial charge in [0.15, 0.2) is 0 Å². The zero-order chi connectivity index (χ0) is 24.0. The highest BCUT2D eigenvalue weighted by Gasteiger charge is 2.70. The van der Waals surface area contributed by atoms with Crippen molar-refractivity contribution >= 4 is 6.21 Å². The molecular weight excluding hydrogens is 402 g/mol. The Morgan fingerprint density at radius 1 is 0.848 bits per heavy atom. The van der Waals surface area contributed by atoms with E-state index >= 15 is 0 Å². The molecule has 5 fully saturated rings. The third-order valence-electron chi connectivity index (χ3n) is 13.5. The van der Waals surface area contributed by atoms with Crippen LogP contribution in [0.4, 0.5) is 0 Å². The number of fused-ring (bicyclic) bond motifs is 7. The van der Waals surface area contributed by atoms with Gasteiger partial charge in [-0.05, 0) is 122 Å². The molecule has 0 aromatic heterocycles. The summed E-state index contributed by atoms with van der Waals surface area (Å²) in [6.07, 6.45) is 15.2. The Morgan fingerprint density at radius 3 is 2.24 bits per heavy atom. The van der Waals surface area contributed by atoms with E-state index in [1.807, 2.05) is 7.05 Å². The zero-order valence-electron chi connectivity index (χ0n) is 22.7. The van der Waals surface area contributed by atoms with Crippen molar-refractivity contribution in [2.24, 2.45) is 61.7 Å². The van der Waals surface area contributed by atoms with Crippen molar-refractivity contribution < 1.29 is 5.11 Å². The van der Waals surface area contributed by atoms with Crippen LogP contribution in [0.1, 0.15) is 106 Å². The normalized spacial score (nSPS) is 55.4. The van der Waals surface area contributed by atoms with Crippen LogP contribution in [0.25, 0.3) is 0 Å². The Balaban J connectivity index is 1.56. The van der Waals surface area contributed by atoms with E-state index in [-0.39, 0.29) is 11.5 Å². The second kappa shape index (κ2) is 7.44. The Labute approximate surface area is 204 Å². The predicted octanol–water partition coefficient (Wildman–Crippen LogP) is 7.71. The quantitative estimate of drug-likeness (QED) is 0.337. The van der Waals surface area contributed by atoms with Gasteiger partial charge >= 0.3 is 0 Å². The van der Waals surface area contributed by atoms with Crippen LogP contribution in [0, 0.1) is 56.7 Å². The number of aliphatic imine (C=N–C) groups is 1. The summed E-state index contributed by atoms with van der Waals surface area (Å²) in [5, 5.41) is 10.9. The van der Waals surface area contributed by atoms with Gasteiger partial charge in [0.2, 0.25) is 0 Å². The molecule has 0 aromatic rings. The number of hydrogen-bond donors (Lipinski definition) is 1. The first-order valence-electron chi connectivity index (χ1n) is 14.1. The summed E-state index contributed by atoms with van der Waals surface area (Å²) in [4.78, 5) is 4.66. The molecule has 1 N–H and O–H groups in total. The van der Waals surface area contributed by atoms with Crippen LogP contribution in [-0.2, 0) is 0 Å². The lowest BCUT2D eigenvalue weighted by atomic mass is 9.32. The van der Waals surface area contributed by atoms with Gasteiger partial charge in [-0.25, -0.2) is 0 Å². The largest absolute Gasteiger partial charge is 0.393 e. The topological polar surface area (TPSA) is 32.6 Å². The molecule has 0 bridgehead atoms. The van der Waals surface area contributed by atoms with E-state index in [1.165, 1.54) is 63.4 Å². The molecule has 2 heteroatoms. The number of nitrogens with zero attached hydrogens (tertiary/aromatic N) is 1. The second-order valence-corrected chi connectivity index (χ2v) is 14.7. The average molecular weight is 454 g/mol. The number of hydrogen-bond acceptors (Lipinski definition) is 2. The van der Waals surface area contributed by atoms with Crippen LogP contribution in [0.2, 0.25) is 0 Å². The summed E-state index contributed by atoms with van der Waals surface area (Å²) >= 11 is 0. The van der Waals surface area contributed by atoms with Gasteiger partial charge < -0.3 is 10.1 Å². The van der Waals surface area contributed by atoms with Crippen molar-refractivity contribution in [1.29, 1.82) is 0 Å². The lowest BCUT2D eigenvalue weighted by Gasteiger charge is -2.72. The van der Waals surface area contributed by atoms with Gasteiger partial charge in [-0.15, -0.1) is 0 Å². The van der Waals surface area contributed by atoms with E-state index in [1.54, 1.807) is 0 Å². The van der Waals surface area contributed by atoms with Crippen LogP contribution in [-0.4, -0.2) is 24.5 Å². The van der Waals surface area contributed by atoms with Gasteiger partial charge in [0.05, 0.1) is 6.10 Å². The van der Waals surface area contributed by atoms with E-state index in [9.17, 15) is 5.11 Å². The molecule has 5 unspecified atom stereocenters. The summed E-state index contributed by atoms with van der Waals surface area (Å²) < 4.78 is 0. The SMILES string of the molecule is C=C(C)C1CC[C@]2(C=NC)CC[C@]3(C)C(CCC4[C@@]5(C)CC[C@H](O)C(C)(C)C5CC[C@]43C)C12. The molecule has 0 aromatic carbocycles. The van der Waals surface area contributed by atoms with Gasteiger partial charge in [-0.2, -0.15) is 0 Å². The lowest BCUT2D eigenvalue weighted by molar-refractivity contribution is -0.243. The summed E-state index contributed by atoms with van der Waals surface area (Å²) in [5.74, 6) is 3.62. The minimum absolute atomic E-state index is 0.0435. The van der Waals surface area contributed by atoms with Crippen LogP contribution in [0.3, 0.4) is 0 Å². The van der Waals surface area contributed by atoms with E-state index in [0.29, 0.717) is 33.5 Å². The Morgan fingerprint density at radius 2 is 1.58 bits per heavy atom. The monoisotopic (exact) mass is 453 g/mol. The highest BCUT2D eigenvalue weighted by molar-refractivity contribution is 5.67. The third kappa shape index (κ3) is 2.91. The van der Waals surface area contributed by atoms with Gasteiger partial charge in [0.25, 0.3) is 0 Å². The maximum Gasteiger partial charge on any atom is 0.0594 e. The molecule has 0 spiro atoms. The first-order chi connectivity index (χ1) is 15.4. The summed E-state index contributed by atoms with van der Waals surface area (Å²) in [5.41, 5.74) is 2.94. The second-order valence-electron chi connectivity index (χ2n) is 14.7. The zero-order valence-corrected chi connectivity index (χ0v) is 22.7. The predicted molar refractivity (Wildman–Crippen MR) is 139 cm³/mol. The van der Waals surface area contributed by atoms with E-state index < -0.39 is 0 Å². The van der Waals surface area contributed by atoms with Crippen LogP contribution < -0.4 is 0 Å². The Kier molecular flexibility index (Phi) is 5.43. The molecule has 0 amide bonds. The van der Waals surface area contributed by atoms with Crippen molar-refractivity contribution in [3.05, 3.63) is 12.2 Å². The molecule has 0 saturated heterocycles.